The molecule has 2 saturated heterocycles. The highest BCUT2D eigenvalue weighted by molar-refractivity contribution is 14.1. The minimum Gasteiger partial charge on any atom is -0.469 e. The normalized spacial score (nSPS) is 26.7. The Labute approximate surface area is 208 Å². The number of hydroxylamine groups is 1. The van der Waals surface area contributed by atoms with E-state index < -0.39 is 5.92 Å². The molecule has 0 N–H and O–H groups in total. The Morgan fingerprint density at radius 1 is 0.939 bits per heavy atom. The van der Waals surface area contributed by atoms with Crippen LogP contribution in [-0.4, -0.2) is 35.7 Å². The highest BCUT2D eigenvalue weighted by atomic mass is 127. The summed E-state index contributed by atoms with van der Waals surface area (Å²) in [6.07, 6.45) is -0.347. The third kappa shape index (κ3) is 4.10. The molecule has 2 heterocycles. The average Bonchev–Trinajstić information content (AvgIpc) is 3.21. The predicted molar refractivity (Wildman–Crippen MR) is 139 cm³/mol. The number of nitrogens with zero attached hydrogens (tertiary/aromatic N) is 2. The van der Waals surface area contributed by atoms with Gasteiger partial charge in [-0.1, -0.05) is 88.8 Å². The van der Waals surface area contributed by atoms with E-state index in [9.17, 15) is 4.79 Å². The van der Waals surface area contributed by atoms with Crippen molar-refractivity contribution in [3.8, 4) is 0 Å². The first-order valence-electron chi connectivity index (χ1n) is 11.2. The van der Waals surface area contributed by atoms with Crippen molar-refractivity contribution in [2.45, 2.75) is 29.0 Å². The highest BCUT2D eigenvalue weighted by Crippen LogP contribution is 2.50. The fourth-order valence-corrected chi connectivity index (χ4v) is 6.21. The van der Waals surface area contributed by atoms with Crippen LogP contribution in [0.3, 0.4) is 0 Å². The molecule has 5 atom stereocenters. The molecule has 33 heavy (non-hydrogen) atoms. The minimum absolute atomic E-state index is 0.0163. The minimum atomic E-state index is -0.465. The van der Waals surface area contributed by atoms with Gasteiger partial charge in [-0.15, -0.1) is 0 Å². The molecule has 0 aromatic heterocycles. The Morgan fingerprint density at radius 3 is 2.21 bits per heavy atom. The maximum absolute atomic E-state index is 13.3. The first-order chi connectivity index (χ1) is 16.1. The number of halogens is 1. The van der Waals surface area contributed by atoms with Crippen LogP contribution in [0.1, 0.15) is 17.2 Å². The number of aryl methyl sites for hydroxylation is 1. The van der Waals surface area contributed by atoms with Crippen molar-refractivity contribution in [3.05, 3.63) is 96.1 Å². The smallest absolute Gasteiger partial charge is 0.313 e. The van der Waals surface area contributed by atoms with E-state index in [2.05, 4.69) is 70.8 Å². The first kappa shape index (κ1) is 22.2. The van der Waals surface area contributed by atoms with E-state index in [1.165, 1.54) is 12.7 Å². The summed E-state index contributed by atoms with van der Waals surface area (Å²) in [5.41, 5.74) is 4.37. The van der Waals surface area contributed by atoms with Crippen LogP contribution in [0.5, 0.6) is 0 Å². The summed E-state index contributed by atoms with van der Waals surface area (Å²) in [6, 6.07) is 28.7. The van der Waals surface area contributed by atoms with Crippen molar-refractivity contribution in [2.24, 2.45) is 5.92 Å². The fraction of sp³-hybridized carbons (Fsp3) is 0.296. The van der Waals surface area contributed by atoms with Crippen LogP contribution in [0.15, 0.2) is 84.9 Å². The van der Waals surface area contributed by atoms with Crippen molar-refractivity contribution < 1.29 is 14.4 Å². The van der Waals surface area contributed by atoms with Crippen LogP contribution in [0.25, 0.3) is 0 Å². The Kier molecular flexibility index (Phi) is 6.29. The standard InChI is InChI=1S/C27H27IN2O3/c1-18-13-15-21(16-14-18)30-24(19-9-5-3-6-10-19)23(27(31)32-2)26-25(30)22(28)17-29(33-26)20-11-7-4-8-12-20/h3-16,22-26H,17H2,1-2H3/t22-,23-,24+,25+,26+/m1/s1. The number of esters is 1. The van der Waals surface area contributed by atoms with Crippen molar-refractivity contribution in [1.82, 2.24) is 0 Å². The molecule has 0 spiro atoms. The van der Waals surface area contributed by atoms with E-state index in [1.54, 1.807) is 0 Å². The lowest BCUT2D eigenvalue weighted by Gasteiger charge is -2.43. The van der Waals surface area contributed by atoms with Crippen molar-refractivity contribution in [3.63, 3.8) is 0 Å². The number of methoxy groups -OCH3 is 1. The Bertz CT molecular complexity index is 1090. The van der Waals surface area contributed by atoms with Crippen molar-refractivity contribution in [2.75, 3.05) is 23.6 Å². The number of rotatable bonds is 4. The van der Waals surface area contributed by atoms with Crippen LogP contribution < -0.4 is 9.96 Å². The molecule has 3 aromatic carbocycles. The molecule has 6 heteroatoms. The summed E-state index contributed by atoms with van der Waals surface area (Å²) in [4.78, 5) is 22.3. The van der Waals surface area contributed by atoms with Crippen LogP contribution in [0, 0.1) is 12.8 Å². The number of para-hydroxylation sites is 1. The summed E-state index contributed by atoms with van der Waals surface area (Å²) < 4.78 is 5.57. The lowest BCUT2D eigenvalue weighted by molar-refractivity contribution is -0.152. The second-order valence-electron chi connectivity index (χ2n) is 8.62. The largest absolute Gasteiger partial charge is 0.469 e. The van der Waals surface area contributed by atoms with E-state index in [0.717, 1.165) is 23.5 Å². The van der Waals surface area contributed by atoms with Gasteiger partial charge in [0.2, 0.25) is 0 Å². The number of alkyl halides is 1. The highest BCUT2D eigenvalue weighted by Gasteiger charge is 2.59. The Balaban J connectivity index is 1.63. The molecule has 5 nitrogen and oxygen atoms in total. The predicted octanol–water partition coefficient (Wildman–Crippen LogP) is 5.34. The zero-order valence-electron chi connectivity index (χ0n) is 18.7. The monoisotopic (exact) mass is 554 g/mol. The van der Waals surface area contributed by atoms with Gasteiger partial charge < -0.3 is 9.64 Å². The number of hydrogen-bond acceptors (Lipinski definition) is 5. The van der Waals surface area contributed by atoms with E-state index in [1.807, 2.05) is 53.6 Å². The zero-order chi connectivity index (χ0) is 22.9. The fourth-order valence-electron chi connectivity index (χ4n) is 5.10. The third-order valence-electron chi connectivity index (χ3n) is 6.60. The number of carbonyl (C=O) groups is 1. The van der Waals surface area contributed by atoms with Gasteiger partial charge in [0.05, 0.1) is 35.4 Å². The van der Waals surface area contributed by atoms with Crippen molar-refractivity contribution >= 4 is 39.9 Å². The Morgan fingerprint density at radius 2 is 1.58 bits per heavy atom. The molecule has 5 rings (SSSR count). The lowest BCUT2D eigenvalue weighted by Crippen LogP contribution is -2.56. The molecular formula is C27H27IN2O3. The van der Waals surface area contributed by atoms with Crippen molar-refractivity contribution in [1.29, 1.82) is 0 Å². The molecule has 2 fully saturated rings. The molecule has 2 aliphatic heterocycles. The molecule has 0 bridgehead atoms. The van der Waals surface area contributed by atoms with Gasteiger partial charge in [0.1, 0.15) is 12.0 Å². The lowest BCUT2D eigenvalue weighted by atomic mass is 9.90. The van der Waals surface area contributed by atoms with Gasteiger partial charge in [0.25, 0.3) is 0 Å². The maximum Gasteiger partial charge on any atom is 0.313 e. The number of fused-ring (bicyclic) bond motifs is 1. The number of carbonyl (C=O) groups excluding carboxylic acids is 1. The summed E-state index contributed by atoms with van der Waals surface area (Å²) in [5.74, 6) is -0.709. The van der Waals surface area contributed by atoms with Gasteiger partial charge in [-0.2, -0.15) is 0 Å². The van der Waals surface area contributed by atoms with E-state index in [4.69, 9.17) is 9.57 Å². The SMILES string of the molecule is COC(=O)[C@H]1[C@@H]2ON(c3ccccc3)C[C@@H](I)[C@@H]2N(c2ccc(C)cc2)[C@H]1c1ccccc1. The summed E-state index contributed by atoms with van der Waals surface area (Å²) in [7, 11) is 1.47. The van der Waals surface area contributed by atoms with Crippen LogP contribution >= 0.6 is 22.6 Å². The number of hydrogen-bond donors (Lipinski definition) is 0. The molecule has 170 valence electrons. The Hall–Kier alpha value is -2.58. The third-order valence-corrected chi connectivity index (χ3v) is 7.73. The summed E-state index contributed by atoms with van der Waals surface area (Å²) in [6.45, 7) is 2.81. The summed E-state index contributed by atoms with van der Waals surface area (Å²) in [5, 5.41) is 1.94. The van der Waals surface area contributed by atoms with E-state index >= 15 is 0 Å². The first-order valence-corrected chi connectivity index (χ1v) is 12.4. The molecule has 0 saturated carbocycles. The van der Waals surface area contributed by atoms with Crippen LogP contribution in [-0.2, 0) is 14.4 Å². The zero-order valence-corrected chi connectivity index (χ0v) is 20.8. The maximum atomic E-state index is 13.3. The van der Waals surface area contributed by atoms with E-state index in [0.29, 0.717) is 0 Å². The molecule has 0 radical (unpaired) electrons. The number of benzene rings is 3. The van der Waals surface area contributed by atoms with Gasteiger partial charge in [-0.05, 0) is 36.8 Å². The van der Waals surface area contributed by atoms with Crippen LogP contribution in [0.2, 0.25) is 0 Å². The molecular weight excluding hydrogens is 527 g/mol. The van der Waals surface area contributed by atoms with Gasteiger partial charge >= 0.3 is 5.97 Å². The second-order valence-corrected chi connectivity index (χ2v) is 10.2. The quantitative estimate of drug-likeness (QED) is 0.248. The molecule has 0 amide bonds. The van der Waals surface area contributed by atoms with E-state index in [-0.39, 0.29) is 28.1 Å². The van der Waals surface area contributed by atoms with Gasteiger partial charge in [0.15, 0.2) is 0 Å². The van der Waals surface area contributed by atoms with Gasteiger partial charge in [0, 0.05) is 5.69 Å². The molecule has 0 unspecified atom stereocenters. The molecule has 0 aliphatic carbocycles. The average molecular weight is 554 g/mol. The second kappa shape index (κ2) is 9.35. The van der Waals surface area contributed by atoms with Gasteiger partial charge in [-0.25, -0.2) is 0 Å². The van der Waals surface area contributed by atoms with Crippen LogP contribution in [0.4, 0.5) is 11.4 Å². The molecule has 3 aromatic rings. The topological polar surface area (TPSA) is 42.0 Å². The number of anilines is 2. The van der Waals surface area contributed by atoms with Gasteiger partial charge in [-0.3, -0.25) is 14.7 Å². The summed E-state index contributed by atoms with van der Waals surface area (Å²) >= 11 is 2.52. The number of ether oxygens (including phenoxy) is 1. The molecule has 2 aliphatic rings.